The minimum absolute atomic E-state index is 1.19. The van der Waals surface area contributed by atoms with Gasteiger partial charge in [0.15, 0.2) is 0 Å². The van der Waals surface area contributed by atoms with Gasteiger partial charge in [0.25, 0.3) is 0 Å². The van der Waals surface area contributed by atoms with E-state index in [1.165, 1.54) is 121 Å². The van der Waals surface area contributed by atoms with Crippen molar-refractivity contribution in [2.24, 2.45) is 0 Å². The minimum Gasteiger partial charge on any atom is -0.0622 e. The van der Waals surface area contributed by atoms with E-state index < -0.39 is 0 Å². The summed E-state index contributed by atoms with van der Waals surface area (Å²) in [5.41, 5.74) is 14.7. The monoisotopic (exact) mass is 784 g/mol. The Morgan fingerprint density at radius 1 is 0.161 bits per heavy atom. The highest BCUT2D eigenvalue weighted by Crippen LogP contribution is 2.46. The smallest absolute Gasteiger partial charge is 0.00261 e. The van der Waals surface area contributed by atoms with Crippen LogP contribution in [0.15, 0.2) is 243 Å². The quantitative estimate of drug-likeness (QED) is 0.116. The summed E-state index contributed by atoms with van der Waals surface area (Å²) in [6.45, 7) is 0. The summed E-state index contributed by atoms with van der Waals surface area (Å²) in [5.74, 6) is 0. The summed E-state index contributed by atoms with van der Waals surface area (Å²) < 4.78 is 0. The summed E-state index contributed by atoms with van der Waals surface area (Å²) >= 11 is 0. The van der Waals surface area contributed by atoms with Crippen molar-refractivity contribution in [3.05, 3.63) is 243 Å². The molecule has 0 radical (unpaired) electrons. The van der Waals surface area contributed by atoms with Crippen LogP contribution < -0.4 is 0 Å². The zero-order valence-electron chi connectivity index (χ0n) is 34.1. The largest absolute Gasteiger partial charge is 0.0622 e. The van der Waals surface area contributed by atoms with Crippen molar-refractivity contribution in [1.29, 1.82) is 0 Å². The number of hydrogen-bond acceptors (Lipinski definition) is 0. The van der Waals surface area contributed by atoms with E-state index in [9.17, 15) is 0 Å². The molecule has 12 rings (SSSR count). The van der Waals surface area contributed by atoms with Crippen LogP contribution in [0.25, 0.3) is 121 Å². The van der Waals surface area contributed by atoms with Gasteiger partial charge in [0.1, 0.15) is 0 Å². The summed E-state index contributed by atoms with van der Waals surface area (Å²) in [5, 5.41) is 12.5. The van der Waals surface area contributed by atoms with Crippen LogP contribution in [0.1, 0.15) is 0 Å². The standard InChI is InChI=1S/C62H40/c1-3-17-41(18-4-1)43-22-15-23-44(35-43)50-37-48-33-34-49(62-56-31-13-11-29-54(56)61(42-19-5-2-6-20-42)55-30-12-14-32-57(55)62)39-59(48)60(40-50)46-25-16-24-45(36-46)58-38-47-21-7-8-26-51(47)52-27-9-10-28-53(52)58/h1-40H. The lowest BCUT2D eigenvalue weighted by Gasteiger charge is -2.19. The summed E-state index contributed by atoms with van der Waals surface area (Å²) in [7, 11) is 0. The van der Waals surface area contributed by atoms with Crippen molar-refractivity contribution in [3.63, 3.8) is 0 Å². The maximum absolute atomic E-state index is 2.45. The molecule has 0 fully saturated rings. The molecule has 0 aromatic heterocycles. The normalized spacial score (nSPS) is 11.5. The van der Waals surface area contributed by atoms with Crippen molar-refractivity contribution < 1.29 is 0 Å². The van der Waals surface area contributed by atoms with E-state index in [4.69, 9.17) is 0 Å². The number of rotatable bonds is 6. The van der Waals surface area contributed by atoms with Gasteiger partial charge in [-0.3, -0.25) is 0 Å². The molecule has 0 aliphatic rings. The predicted molar refractivity (Wildman–Crippen MR) is 267 cm³/mol. The van der Waals surface area contributed by atoms with Crippen LogP contribution in [-0.4, -0.2) is 0 Å². The van der Waals surface area contributed by atoms with E-state index in [1.807, 2.05) is 0 Å². The maximum Gasteiger partial charge on any atom is -0.00261 e. The first-order chi connectivity index (χ1) is 30.7. The Balaban J connectivity index is 1.11. The van der Waals surface area contributed by atoms with Gasteiger partial charge < -0.3 is 0 Å². The molecule has 0 heterocycles. The predicted octanol–water partition coefficient (Wildman–Crippen LogP) is 17.5. The summed E-state index contributed by atoms with van der Waals surface area (Å²) in [4.78, 5) is 0. The molecule has 62 heavy (non-hydrogen) atoms. The second kappa shape index (κ2) is 14.9. The summed E-state index contributed by atoms with van der Waals surface area (Å²) in [6.07, 6.45) is 0. The molecule has 0 saturated heterocycles. The highest BCUT2D eigenvalue weighted by atomic mass is 14.2. The molecule has 12 aromatic carbocycles. The molecule has 0 amide bonds. The molecule has 0 nitrogen and oxygen atoms in total. The molecule has 0 unspecified atom stereocenters. The molecule has 288 valence electrons. The Hall–Kier alpha value is -8.06. The van der Waals surface area contributed by atoms with E-state index in [-0.39, 0.29) is 0 Å². The van der Waals surface area contributed by atoms with Crippen LogP contribution in [-0.2, 0) is 0 Å². The highest BCUT2D eigenvalue weighted by molar-refractivity contribution is 6.22. The molecule has 0 spiro atoms. The van der Waals surface area contributed by atoms with Gasteiger partial charge >= 0.3 is 0 Å². The van der Waals surface area contributed by atoms with Crippen LogP contribution in [0.3, 0.4) is 0 Å². The van der Waals surface area contributed by atoms with Crippen LogP contribution >= 0.6 is 0 Å². The third-order valence-corrected chi connectivity index (χ3v) is 12.8. The molecule has 0 heteroatoms. The van der Waals surface area contributed by atoms with Crippen LogP contribution in [0.5, 0.6) is 0 Å². The Kier molecular flexibility index (Phi) is 8.61. The number of benzene rings is 12. The average molecular weight is 785 g/mol. The van der Waals surface area contributed by atoms with E-state index in [1.54, 1.807) is 0 Å². The molecular formula is C62H40. The van der Waals surface area contributed by atoms with E-state index in [0.717, 1.165) is 0 Å². The van der Waals surface area contributed by atoms with Gasteiger partial charge in [0, 0.05) is 0 Å². The SMILES string of the molecule is c1ccc(-c2cccc(-c3cc(-c4cccc(-c5cc6ccccc6c6ccccc56)c4)c4cc(-c5c6ccccc6c(-c6ccccc6)c6ccccc56)ccc4c3)c2)cc1. The number of fused-ring (bicyclic) bond motifs is 6. The zero-order valence-corrected chi connectivity index (χ0v) is 34.1. The van der Waals surface area contributed by atoms with Crippen LogP contribution in [0, 0.1) is 0 Å². The van der Waals surface area contributed by atoms with Gasteiger partial charge in [-0.25, -0.2) is 0 Å². The van der Waals surface area contributed by atoms with Crippen molar-refractivity contribution >= 4 is 53.9 Å². The molecule has 12 aromatic rings. The second-order valence-electron chi connectivity index (χ2n) is 16.4. The highest BCUT2D eigenvalue weighted by Gasteiger charge is 2.19. The first-order valence-corrected chi connectivity index (χ1v) is 21.5. The maximum atomic E-state index is 2.45. The topological polar surface area (TPSA) is 0 Å². The van der Waals surface area contributed by atoms with Gasteiger partial charge in [0.2, 0.25) is 0 Å². The molecule has 0 bridgehead atoms. The zero-order chi connectivity index (χ0) is 41.0. The average Bonchev–Trinajstić information content (AvgIpc) is 3.35. The van der Waals surface area contributed by atoms with E-state index in [2.05, 4.69) is 243 Å². The van der Waals surface area contributed by atoms with Crippen molar-refractivity contribution in [3.8, 4) is 66.8 Å². The molecule has 0 aliphatic heterocycles. The molecular weight excluding hydrogens is 745 g/mol. The Morgan fingerprint density at radius 2 is 0.597 bits per heavy atom. The Labute approximate surface area is 361 Å². The van der Waals surface area contributed by atoms with Gasteiger partial charge in [-0.15, -0.1) is 0 Å². The molecule has 0 aliphatic carbocycles. The first-order valence-electron chi connectivity index (χ1n) is 21.5. The van der Waals surface area contributed by atoms with Crippen molar-refractivity contribution in [2.75, 3.05) is 0 Å². The lowest BCUT2D eigenvalue weighted by Crippen LogP contribution is -1.92. The van der Waals surface area contributed by atoms with Crippen molar-refractivity contribution in [1.82, 2.24) is 0 Å². The third-order valence-electron chi connectivity index (χ3n) is 12.8. The Morgan fingerprint density at radius 3 is 1.24 bits per heavy atom. The van der Waals surface area contributed by atoms with E-state index >= 15 is 0 Å². The fourth-order valence-corrected chi connectivity index (χ4v) is 9.93. The van der Waals surface area contributed by atoms with Gasteiger partial charge in [-0.05, 0) is 157 Å². The van der Waals surface area contributed by atoms with E-state index in [0.29, 0.717) is 0 Å². The first kappa shape index (κ1) is 35.8. The fourth-order valence-electron chi connectivity index (χ4n) is 9.93. The molecule has 0 N–H and O–H groups in total. The van der Waals surface area contributed by atoms with Gasteiger partial charge in [-0.1, -0.05) is 206 Å². The van der Waals surface area contributed by atoms with Gasteiger partial charge in [0.05, 0.1) is 0 Å². The minimum atomic E-state index is 1.19. The molecule has 0 atom stereocenters. The van der Waals surface area contributed by atoms with Crippen molar-refractivity contribution in [2.45, 2.75) is 0 Å². The molecule has 0 saturated carbocycles. The lowest BCUT2D eigenvalue weighted by atomic mass is 9.84. The lowest BCUT2D eigenvalue weighted by molar-refractivity contribution is 1.59. The fraction of sp³-hybridized carbons (Fsp3) is 0. The third kappa shape index (κ3) is 6.08. The number of hydrogen-bond donors (Lipinski definition) is 0. The summed E-state index contributed by atoms with van der Waals surface area (Å²) in [6, 6.07) is 89.5. The van der Waals surface area contributed by atoms with Gasteiger partial charge in [-0.2, -0.15) is 0 Å². The Bertz CT molecular complexity index is 3610. The van der Waals surface area contributed by atoms with Crippen LogP contribution in [0.4, 0.5) is 0 Å². The second-order valence-corrected chi connectivity index (χ2v) is 16.4. The van der Waals surface area contributed by atoms with Crippen LogP contribution in [0.2, 0.25) is 0 Å².